The van der Waals surface area contributed by atoms with Crippen LogP contribution >= 0.6 is 11.8 Å². The molecule has 0 heterocycles. The molecule has 0 saturated heterocycles. The maximum atomic E-state index is 12.1. The molecule has 0 unspecified atom stereocenters. The highest BCUT2D eigenvalue weighted by Crippen LogP contribution is 2.36. The number of carbonyl (C=O) groups excluding carboxylic acids is 1. The Bertz CT molecular complexity index is 392. The van der Waals surface area contributed by atoms with Crippen molar-refractivity contribution in [3.05, 3.63) is 29.8 Å². The van der Waals surface area contributed by atoms with E-state index < -0.39 is 5.51 Å². The lowest BCUT2D eigenvalue weighted by Crippen LogP contribution is -2.23. The van der Waals surface area contributed by atoms with E-state index in [9.17, 15) is 18.0 Å². The van der Waals surface area contributed by atoms with Gasteiger partial charge in [-0.25, -0.2) is 0 Å². The van der Waals surface area contributed by atoms with Gasteiger partial charge in [0.15, 0.2) is 0 Å². The minimum absolute atomic E-state index is 0.0650. The van der Waals surface area contributed by atoms with Crippen molar-refractivity contribution in [3.8, 4) is 0 Å². The summed E-state index contributed by atoms with van der Waals surface area (Å²) in [6, 6.07) is 5.96. The van der Waals surface area contributed by atoms with Gasteiger partial charge in [-0.3, -0.25) is 4.79 Å². The van der Waals surface area contributed by atoms with Gasteiger partial charge in [0, 0.05) is 11.4 Å². The highest BCUT2D eigenvalue weighted by molar-refractivity contribution is 8.00. The number of benzene rings is 1. The van der Waals surface area contributed by atoms with E-state index in [1.807, 2.05) is 0 Å². The molecule has 1 rings (SSSR count). The molecule has 0 aliphatic rings. The minimum Gasteiger partial charge on any atom is -0.468 e. The molecule has 0 atom stereocenters. The van der Waals surface area contributed by atoms with Gasteiger partial charge < -0.3 is 10.1 Å². The zero-order valence-electron chi connectivity index (χ0n) is 9.58. The van der Waals surface area contributed by atoms with Crippen LogP contribution in [0.4, 0.5) is 13.2 Å². The fourth-order valence-corrected chi connectivity index (χ4v) is 1.73. The summed E-state index contributed by atoms with van der Waals surface area (Å²) in [5.74, 6) is -0.390. The van der Waals surface area contributed by atoms with E-state index in [0.29, 0.717) is 6.54 Å². The van der Waals surface area contributed by atoms with E-state index in [4.69, 9.17) is 0 Å². The van der Waals surface area contributed by atoms with Gasteiger partial charge in [0.25, 0.3) is 0 Å². The Morgan fingerprint density at radius 1 is 1.33 bits per heavy atom. The van der Waals surface area contributed by atoms with Crippen molar-refractivity contribution >= 4 is 17.7 Å². The van der Waals surface area contributed by atoms with Crippen LogP contribution < -0.4 is 5.32 Å². The number of nitrogens with one attached hydrogen (secondary N) is 1. The molecule has 0 radical (unpaired) electrons. The van der Waals surface area contributed by atoms with Gasteiger partial charge in [-0.1, -0.05) is 12.1 Å². The van der Waals surface area contributed by atoms with Gasteiger partial charge in [0.2, 0.25) is 0 Å². The summed E-state index contributed by atoms with van der Waals surface area (Å²) in [5.41, 5.74) is -3.48. The van der Waals surface area contributed by atoms with Crippen LogP contribution in [0, 0.1) is 0 Å². The quantitative estimate of drug-likeness (QED) is 0.664. The Morgan fingerprint density at radius 2 is 1.94 bits per heavy atom. The average Bonchev–Trinajstić information content (AvgIpc) is 2.29. The molecule has 7 heteroatoms. The summed E-state index contributed by atoms with van der Waals surface area (Å²) in [7, 11) is 1.28. The number of thioether (sulfide) groups is 1. The van der Waals surface area contributed by atoms with Gasteiger partial charge >= 0.3 is 11.5 Å². The zero-order valence-corrected chi connectivity index (χ0v) is 10.4. The molecule has 0 aliphatic heterocycles. The normalized spacial score (nSPS) is 11.3. The number of alkyl halides is 3. The van der Waals surface area contributed by atoms with Gasteiger partial charge in [0.05, 0.1) is 13.7 Å². The second-order valence-corrected chi connectivity index (χ2v) is 4.51. The predicted octanol–water partition coefficient (Wildman–Crippen LogP) is 2.56. The van der Waals surface area contributed by atoms with Crippen LogP contribution in [0.2, 0.25) is 0 Å². The number of carbonyl (C=O) groups is 1. The van der Waals surface area contributed by atoms with Gasteiger partial charge in [-0.15, -0.1) is 0 Å². The van der Waals surface area contributed by atoms with Crippen molar-refractivity contribution in [1.29, 1.82) is 0 Å². The smallest absolute Gasteiger partial charge is 0.446 e. The number of methoxy groups -OCH3 is 1. The molecule has 0 aromatic heterocycles. The molecule has 1 aromatic rings. The fourth-order valence-electron chi connectivity index (χ4n) is 1.19. The second kappa shape index (κ2) is 6.65. The Kier molecular flexibility index (Phi) is 5.49. The fraction of sp³-hybridized carbons (Fsp3) is 0.364. The summed E-state index contributed by atoms with van der Waals surface area (Å²) in [5, 5.41) is 2.82. The summed E-state index contributed by atoms with van der Waals surface area (Å²) in [6.45, 7) is 0.460. The molecular weight excluding hydrogens is 267 g/mol. The number of hydrogen-bond donors (Lipinski definition) is 1. The average molecular weight is 279 g/mol. The first-order chi connectivity index (χ1) is 8.40. The minimum atomic E-state index is -4.27. The lowest BCUT2D eigenvalue weighted by atomic mass is 10.2. The second-order valence-electron chi connectivity index (χ2n) is 3.37. The lowest BCUT2D eigenvalue weighted by molar-refractivity contribution is -0.139. The van der Waals surface area contributed by atoms with Crippen LogP contribution in [0.25, 0.3) is 0 Å². The maximum Gasteiger partial charge on any atom is 0.446 e. The molecular formula is C11H12F3NO2S. The molecule has 100 valence electrons. The third-order valence-corrected chi connectivity index (χ3v) is 2.72. The highest BCUT2D eigenvalue weighted by atomic mass is 32.2. The number of hydrogen-bond acceptors (Lipinski definition) is 4. The largest absolute Gasteiger partial charge is 0.468 e. The van der Waals surface area contributed by atoms with Crippen molar-refractivity contribution in [1.82, 2.24) is 5.32 Å². The van der Waals surface area contributed by atoms with E-state index in [1.165, 1.54) is 19.2 Å². The number of rotatable bonds is 5. The van der Waals surface area contributed by atoms with Crippen LogP contribution in [0.5, 0.6) is 0 Å². The van der Waals surface area contributed by atoms with Crippen molar-refractivity contribution in [2.24, 2.45) is 0 Å². The molecule has 0 saturated carbocycles. The molecule has 3 nitrogen and oxygen atoms in total. The molecule has 1 aromatic carbocycles. The topological polar surface area (TPSA) is 38.3 Å². The van der Waals surface area contributed by atoms with Gasteiger partial charge in [0.1, 0.15) is 0 Å². The molecule has 0 spiro atoms. The Hall–Kier alpha value is -1.21. The van der Waals surface area contributed by atoms with E-state index in [-0.39, 0.29) is 29.2 Å². The van der Waals surface area contributed by atoms with Crippen molar-refractivity contribution < 1.29 is 22.7 Å². The summed E-state index contributed by atoms with van der Waals surface area (Å²) < 4.78 is 40.6. The molecule has 18 heavy (non-hydrogen) atoms. The summed E-state index contributed by atoms with van der Waals surface area (Å²) in [6.07, 6.45) is 0. The molecule has 0 bridgehead atoms. The van der Waals surface area contributed by atoms with Gasteiger partial charge in [-0.05, 0) is 29.5 Å². The molecule has 0 aliphatic carbocycles. The molecule has 0 amide bonds. The van der Waals surface area contributed by atoms with Gasteiger partial charge in [-0.2, -0.15) is 13.2 Å². The van der Waals surface area contributed by atoms with E-state index in [2.05, 4.69) is 10.1 Å². The summed E-state index contributed by atoms with van der Waals surface area (Å²) in [4.78, 5) is 10.9. The van der Waals surface area contributed by atoms with E-state index in [1.54, 1.807) is 12.1 Å². The van der Waals surface area contributed by atoms with Crippen molar-refractivity contribution in [2.45, 2.75) is 16.9 Å². The Morgan fingerprint density at radius 3 is 2.44 bits per heavy atom. The van der Waals surface area contributed by atoms with E-state index >= 15 is 0 Å². The SMILES string of the molecule is COC(=O)CNCc1ccc(SC(F)(F)F)cc1. The van der Waals surface area contributed by atoms with Crippen LogP contribution in [-0.4, -0.2) is 25.1 Å². The number of halogens is 3. The zero-order chi connectivity index (χ0) is 13.6. The van der Waals surface area contributed by atoms with E-state index in [0.717, 1.165) is 5.56 Å². The predicted molar refractivity (Wildman–Crippen MR) is 62.1 cm³/mol. The van der Waals surface area contributed by atoms with Crippen LogP contribution in [0.15, 0.2) is 29.2 Å². The number of ether oxygens (including phenoxy) is 1. The highest BCUT2D eigenvalue weighted by Gasteiger charge is 2.28. The third-order valence-electron chi connectivity index (χ3n) is 1.98. The molecule has 1 N–H and O–H groups in total. The first kappa shape index (κ1) is 14.8. The standard InChI is InChI=1S/C11H12F3NO2S/c1-17-10(16)7-15-6-8-2-4-9(5-3-8)18-11(12,13)14/h2-5,15H,6-7H2,1H3. The molecule has 0 fully saturated rings. The van der Waals surface area contributed by atoms with Crippen LogP contribution in [-0.2, 0) is 16.1 Å². The first-order valence-corrected chi connectivity index (χ1v) is 5.84. The first-order valence-electron chi connectivity index (χ1n) is 5.03. The van der Waals surface area contributed by atoms with Crippen LogP contribution in [0.3, 0.4) is 0 Å². The lowest BCUT2D eigenvalue weighted by Gasteiger charge is -2.07. The van der Waals surface area contributed by atoms with Crippen molar-refractivity contribution in [3.63, 3.8) is 0 Å². The maximum absolute atomic E-state index is 12.1. The van der Waals surface area contributed by atoms with Crippen LogP contribution in [0.1, 0.15) is 5.56 Å². The number of esters is 1. The Balaban J connectivity index is 2.43. The third kappa shape index (κ3) is 5.92. The van der Waals surface area contributed by atoms with Crippen molar-refractivity contribution in [2.75, 3.05) is 13.7 Å². The monoisotopic (exact) mass is 279 g/mol. The Labute approximate surface area is 107 Å². The summed E-state index contributed by atoms with van der Waals surface area (Å²) >= 11 is -0.153.